The van der Waals surface area contributed by atoms with Gasteiger partial charge in [-0.3, -0.25) is 5.43 Å². The number of sulfone groups is 1. The fraction of sp³-hybridized carbons (Fsp3) is 0.875. The monoisotopic (exact) mass is 234 g/mol. The Labute approximate surface area is 90.4 Å². The lowest BCUT2D eigenvalue weighted by Gasteiger charge is -2.19. The molecule has 0 atom stereocenters. The minimum atomic E-state index is -2.94. The average molecular weight is 234 g/mol. The second-order valence-corrected chi connectivity index (χ2v) is 6.14. The summed E-state index contributed by atoms with van der Waals surface area (Å²) in [6.45, 7) is 0.397. The largest absolute Gasteiger partial charge is 0.344 e. The van der Waals surface area contributed by atoms with Crippen LogP contribution < -0.4 is 11.3 Å². The summed E-state index contributed by atoms with van der Waals surface area (Å²) in [6, 6.07) is 0.358. The molecule has 1 saturated carbocycles. The maximum absolute atomic E-state index is 11.0. The molecule has 7 heteroatoms. The molecule has 1 rings (SSSR count). The molecule has 0 aromatic heterocycles. The summed E-state index contributed by atoms with van der Waals surface area (Å²) in [7, 11) is -1.17. The predicted molar refractivity (Wildman–Crippen MR) is 60.1 cm³/mol. The van der Waals surface area contributed by atoms with Crippen LogP contribution >= 0.6 is 0 Å². The molecule has 0 aromatic carbocycles. The molecule has 0 unspecified atom stereocenters. The van der Waals surface area contributed by atoms with Gasteiger partial charge in [-0.1, -0.05) is 0 Å². The first-order valence-electron chi connectivity index (χ1n) is 4.85. The highest BCUT2D eigenvalue weighted by molar-refractivity contribution is 7.90. The molecule has 0 aromatic rings. The number of aliphatic imine (C=N–C) groups is 1. The van der Waals surface area contributed by atoms with E-state index in [4.69, 9.17) is 5.84 Å². The van der Waals surface area contributed by atoms with Gasteiger partial charge in [-0.15, -0.1) is 0 Å². The molecule has 3 N–H and O–H groups in total. The molecule has 0 amide bonds. The topological polar surface area (TPSA) is 87.8 Å². The molecule has 6 nitrogen and oxygen atoms in total. The summed E-state index contributed by atoms with van der Waals surface area (Å²) in [4.78, 5) is 6.04. The van der Waals surface area contributed by atoms with Crippen molar-refractivity contribution in [2.75, 3.05) is 25.6 Å². The van der Waals surface area contributed by atoms with E-state index in [2.05, 4.69) is 10.4 Å². The standard InChI is InChI=1S/C8H18N4O2S/c1-12(5-6-15(2,13)14)8(11-9)10-7-3-4-7/h7H,3-6,9H2,1-2H3,(H,10,11). The quantitative estimate of drug-likeness (QED) is 0.280. The van der Waals surface area contributed by atoms with Gasteiger partial charge < -0.3 is 4.90 Å². The van der Waals surface area contributed by atoms with Gasteiger partial charge in [-0.05, 0) is 12.8 Å². The summed E-state index contributed by atoms with van der Waals surface area (Å²) in [5.74, 6) is 5.98. The van der Waals surface area contributed by atoms with Gasteiger partial charge in [0.2, 0.25) is 5.96 Å². The van der Waals surface area contributed by atoms with Gasteiger partial charge in [0.05, 0.1) is 11.8 Å². The SMILES string of the molecule is CN(CCS(C)(=O)=O)C(=NC1CC1)NN. The number of nitrogens with zero attached hydrogens (tertiary/aromatic N) is 2. The zero-order valence-corrected chi connectivity index (χ0v) is 9.92. The van der Waals surface area contributed by atoms with E-state index in [-0.39, 0.29) is 5.75 Å². The Kier molecular flexibility index (Phi) is 3.92. The van der Waals surface area contributed by atoms with Crippen LogP contribution in [0.4, 0.5) is 0 Å². The summed E-state index contributed by atoms with van der Waals surface area (Å²) in [6.07, 6.45) is 3.39. The van der Waals surface area contributed by atoms with Gasteiger partial charge in [0.15, 0.2) is 0 Å². The Bertz CT molecular complexity index is 335. The van der Waals surface area contributed by atoms with Crippen LogP contribution in [0.3, 0.4) is 0 Å². The third-order valence-corrected chi connectivity index (χ3v) is 3.06. The van der Waals surface area contributed by atoms with Crippen molar-refractivity contribution in [3.63, 3.8) is 0 Å². The second kappa shape index (κ2) is 4.80. The molecule has 15 heavy (non-hydrogen) atoms. The summed E-state index contributed by atoms with van der Waals surface area (Å²) < 4.78 is 21.9. The molecular formula is C8H18N4O2S. The molecular weight excluding hydrogens is 216 g/mol. The van der Waals surface area contributed by atoms with Crippen LogP contribution in [0.5, 0.6) is 0 Å². The van der Waals surface area contributed by atoms with E-state index in [0.29, 0.717) is 18.5 Å². The minimum absolute atomic E-state index is 0.106. The second-order valence-electron chi connectivity index (χ2n) is 3.88. The van der Waals surface area contributed by atoms with Crippen molar-refractivity contribution < 1.29 is 8.42 Å². The number of hydrogen-bond donors (Lipinski definition) is 2. The van der Waals surface area contributed by atoms with Gasteiger partial charge in [-0.2, -0.15) is 0 Å². The number of rotatable bonds is 4. The van der Waals surface area contributed by atoms with Crippen molar-refractivity contribution in [1.29, 1.82) is 0 Å². The molecule has 0 spiro atoms. The lowest BCUT2D eigenvalue weighted by molar-refractivity contribution is 0.503. The molecule has 1 aliphatic carbocycles. The molecule has 0 heterocycles. The number of nitrogens with one attached hydrogen (secondary N) is 1. The first-order valence-corrected chi connectivity index (χ1v) is 6.91. The summed E-state index contributed by atoms with van der Waals surface area (Å²) in [5.41, 5.74) is 2.49. The number of hydrogen-bond acceptors (Lipinski definition) is 4. The van der Waals surface area contributed by atoms with E-state index >= 15 is 0 Å². The van der Waals surface area contributed by atoms with Crippen molar-refractivity contribution in [2.24, 2.45) is 10.8 Å². The van der Waals surface area contributed by atoms with Crippen LogP contribution in [0.2, 0.25) is 0 Å². The lowest BCUT2D eigenvalue weighted by atomic mass is 10.6. The fourth-order valence-electron chi connectivity index (χ4n) is 1.03. The van der Waals surface area contributed by atoms with E-state index in [1.807, 2.05) is 0 Å². The van der Waals surface area contributed by atoms with Gasteiger partial charge >= 0.3 is 0 Å². The third kappa shape index (κ3) is 4.98. The molecule has 1 fully saturated rings. The van der Waals surface area contributed by atoms with Gasteiger partial charge in [0.1, 0.15) is 9.84 Å². The average Bonchev–Trinajstić information content (AvgIpc) is 2.92. The molecule has 1 aliphatic rings. The van der Waals surface area contributed by atoms with Crippen LogP contribution in [0, 0.1) is 0 Å². The van der Waals surface area contributed by atoms with Crippen LogP contribution in [0.1, 0.15) is 12.8 Å². The smallest absolute Gasteiger partial charge is 0.208 e. The molecule has 0 aliphatic heterocycles. The van der Waals surface area contributed by atoms with Crippen LogP contribution in [0.15, 0.2) is 4.99 Å². The van der Waals surface area contributed by atoms with Crippen LogP contribution in [0.25, 0.3) is 0 Å². The van der Waals surface area contributed by atoms with E-state index in [1.165, 1.54) is 6.26 Å². The number of nitrogens with two attached hydrogens (primary N) is 1. The number of hydrazine groups is 1. The normalized spacial score (nSPS) is 17.7. The summed E-state index contributed by atoms with van der Waals surface area (Å²) in [5, 5.41) is 0. The van der Waals surface area contributed by atoms with Gasteiger partial charge in [-0.25, -0.2) is 19.3 Å². The minimum Gasteiger partial charge on any atom is -0.344 e. The first-order chi connectivity index (χ1) is 6.92. The van der Waals surface area contributed by atoms with Crippen molar-refractivity contribution >= 4 is 15.8 Å². The van der Waals surface area contributed by atoms with Crippen LogP contribution in [-0.4, -0.2) is 50.9 Å². The summed E-state index contributed by atoms with van der Waals surface area (Å²) >= 11 is 0. The van der Waals surface area contributed by atoms with Crippen molar-refractivity contribution in [2.45, 2.75) is 18.9 Å². The fourth-order valence-corrected chi connectivity index (χ4v) is 1.64. The third-order valence-electron chi connectivity index (χ3n) is 2.14. The lowest BCUT2D eigenvalue weighted by Crippen LogP contribution is -2.44. The van der Waals surface area contributed by atoms with E-state index in [1.54, 1.807) is 11.9 Å². The first kappa shape index (κ1) is 12.3. The zero-order valence-electron chi connectivity index (χ0n) is 9.10. The Balaban J connectivity index is 2.46. The molecule has 88 valence electrons. The van der Waals surface area contributed by atoms with Crippen molar-refractivity contribution in [1.82, 2.24) is 10.3 Å². The highest BCUT2D eigenvalue weighted by Crippen LogP contribution is 2.23. The molecule has 0 radical (unpaired) electrons. The zero-order chi connectivity index (χ0) is 11.5. The Morgan fingerprint density at radius 3 is 2.60 bits per heavy atom. The predicted octanol–water partition coefficient (Wildman–Crippen LogP) is -1.06. The van der Waals surface area contributed by atoms with Crippen molar-refractivity contribution in [3.05, 3.63) is 0 Å². The highest BCUT2D eigenvalue weighted by atomic mass is 32.2. The Morgan fingerprint density at radius 1 is 1.60 bits per heavy atom. The highest BCUT2D eigenvalue weighted by Gasteiger charge is 2.22. The molecule has 0 bridgehead atoms. The van der Waals surface area contributed by atoms with E-state index in [9.17, 15) is 8.42 Å². The maximum Gasteiger partial charge on any atom is 0.208 e. The van der Waals surface area contributed by atoms with Gasteiger partial charge in [0, 0.05) is 19.8 Å². The molecule has 0 saturated heterocycles. The Hall–Kier alpha value is -0.820. The maximum atomic E-state index is 11.0. The number of guanidine groups is 1. The van der Waals surface area contributed by atoms with Gasteiger partial charge in [0.25, 0.3) is 0 Å². The van der Waals surface area contributed by atoms with E-state index in [0.717, 1.165) is 12.8 Å². The van der Waals surface area contributed by atoms with Crippen molar-refractivity contribution in [3.8, 4) is 0 Å². The Morgan fingerprint density at radius 2 is 2.20 bits per heavy atom. The van der Waals surface area contributed by atoms with Crippen LogP contribution in [-0.2, 0) is 9.84 Å². The van der Waals surface area contributed by atoms with E-state index < -0.39 is 9.84 Å².